The van der Waals surface area contributed by atoms with E-state index >= 15 is 0 Å². The topological polar surface area (TPSA) is 25.2 Å². The minimum absolute atomic E-state index is 0.389. The summed E-state index contributed by atoms with van der Waals surface area (Å²) in [4.78, 5) is 0. The molecule has 1 saturated carbocycles. The minimum Gasteiger partial charge on any atom is -0.468 e. The van der Waals surface area contributed by atoms with Gasteiger partial charge in [0.15, 0.2) is 0 Å². The van der Waals surface area contributed by atoms with Gasteiger partial charge in [0.25, 0.3) is 0 Å². The first-order valence-electron chi connectivity index (χ1n) is 5.60. The predicted octanol–water partition coefficient (Wildman–Crippen LogP) is 3.12. The van der Waals surface area contributed by atoms with Crippen LogP contribution in [0.2, 0.25) is 0 Å². The summed E-state index contributed by atoms with van der Waals surface area (Å²) in [6, 6.07) is 5.04. The third-order valence-electron chi connectivity index (χ3n) is 3.09. The number of furan rings is 1. The molecule has 1 N–H and O–H groups in total. The monoisotopic (exact) mass is 193 g/mol. The van der Waals surface area contributed by atoms with Crippen LogP contribution in [0.25, 0.3) is 0 Å². The van der Waals surface area contributed by atoms with Crippen LogP contribution >= 0.6 is 0 Å². The first-order chi connectivity index (χ1) is 6.81. The van der Waals surface area contributed by atoms with Crippen LogP contribution in [-0.4, -0.2) is 6.04 Å². The lowest BCUT2D eigenvalue weighted by Crippen LogP contribution is -2.31. The van der Waals surface area contributed by atoms with Gasteiger partial charge in [-0.25, -0.2) is 0 Å². The lowest BCUT2D eigenvalue weighted by molar-refractivity contribution is 0.357. The van der Waals surface area contributed by atoms with Crippen LogP contribution in [0.4, 0.5) is 0 Å². The van der Waals surface area contributed by atoms with Crippen molar-refractivity contribution >= 4 is 0 Å². The fourth-order valence-corrected chi connectivity index (χ4v) is 1.94. The molecule has 0 radical (unpaired) electrons. The van der Waals surface area contributed by atoms with Crippen LogP contribution in [0.3, 0.4) is 0 Å². The number of rotatable bonds is 5. The Labute approximate surface area is 85.7 Å². The summed E-state index contributed by atoms with van der Waals surface area (Å²) in [5.41, 5.74) is 0. The number of nitrogens with one attached hydrogen (secondary N) is 1. The Morgan fingerprint density at radius 2 is 2.36 bits per heavy atom. The van der Waals surface area contributed by atoms with Crippen LogP contribution in [0.5, 0.6) is 0 Å². The van der Waals surface area contributed by atoms with Crippen LogP contribution in [0.1, 0.15) is 44.9 Å². The Hall–Kier alpha value is -0.760. The summed E-state index contributed by atoms with van der Waals surface area (Å²) >= 11 is 0. The quantitative estimate of drug-likeness (QED) is 0.777. The van der Waals surface area contributed by atoms with E-state index in [1.54, 1.807) is 6.26 Å². The summed E-state index contributed by atoms with van der Waals surface area (Å²) in [7, 11) is 0. The Morgan fingerprint density at radius 1 is 1.57 bits per heavy atom. The lowest BCUT2D eigenvalue weighted by Gasteiger charge is -2.20. The van der Waals surface area contributed by atoms with Gasteiger partial charge in [-0.3, -0.25) is 0 Å². The van der Waals surface area contributed by atoms with Gasteiger partial charge in [-0.2, -0.15) is 0 Å². The molecule has 0 aliphatic heterocycles. The maximum atomic E-state index is 5.43. The smallest absolute Gasteiger partial charge is 0.120 e. The van der Waals surface area contributed by atoms with Crippen molar-refractivity contribution in [2.24, 2.45) is 5.92 Å². The highest BCUT2D eigenvalue weighted by atomic mass is 16.3. The van der Waals surface area contributed by atoms with Crippen molar-refractivity contribution < 1.29 is 4.42 Å². The van der Waals surface area contributed by atoms with Gasteiger partial charge >= 0.3 is 0 Å². The Bertz CT molecular complexity index is 264. The van der Waals surface area contributed by atoms with E-state index in [0.717, 1.165) is 18.1 Å². The molecule has 1 aromatic heterocycles. The van der Waals surface area contributed by atoms with E-state index in [1.165, 1.54) is 12.8 Å². The molecule has 2 atom stereocenters. The first kappa shape index (κ1) is 9.78. The van der Waals surface area contributed by atoms with Gasteiger partial charge in [-0.1, -0.05) is 6.92 Å². The van der Waals surface area contributed by atoms with E-state index in [0.29, 0.717) is 12.1 Å². The highest BCUT2D eigenvalue weighted by Crippen LogP contribution is 2.33. The average molecular weight is 193 g/mol. The molecule has 2 rings (SSSR count). The van der Waals surface area contributed by atoms with Gasteiger partial charge in [-0.05, 0) is 44.2 Å². The highest BCUT2D eigenvalue weighted by Gasteiger charge is 2.29. The highest BCUT2D eigenvalue weighted by molar-refractivity contribution is 5.05. The van der Waals surface area contributed by atoms with E-state index in [1.807, 2.05) is 6.07 Å². The average Bonchev–Trinajstić information content (AvgIpc) is 2.91. The largest absolute Gasteiger partial charge is 0.468 e. The molecule has 14 heavy (non-hydrogen) atoms. The number of hydrogen-bond donors (Lipinski definition) is 1. The van der Waals surface area contributed by atoms with Crippen LogP contribution < -0.4 is 5.32 Å². The zero-order valence-corrected chi connectivity index (χ0v) is 8.99. The van der Waals surface area contributed by atoms with Gasteiger partial charge in [-0.15, -0.1) is 0 Å². The molecule has 78 valence electrons. The van der Waals surface area contributed by atoms with Crippen molar-refractivity contribution in [1.29, 1.82) is 0 Å². The van der Waals surface area contributed by atoms with Gasteiger partial charge < -0.3 is 9.73 Å². The van der Waals surface area contributed by atoms with Crippen molar-refractivity contribution in [3.63, 3.8) is 0 Å². The summed E-state index contributed by atoms with van der Waals surface area (Å²) in [5.74, 6) is 1.97. The van der Waals surface area contributed by atoms with E-state index in [9.17, 15) is 0 Å². The second-order valence-corrected chi connectivity index (χ2v) is 4.27. The van der Waals surface area contributed by atoms with Crippen molar-refractivity contribution in [2.45, 2.75) is 45.2 Å². The molecule has 0 amide bonds. The first-order valence-corrected chi connectivity index (χ1v) is 5.60. The zero-order chi connectivity index (χ0) is 9.97. The van der Waals surface area contributed by atoms with Gasteiger partial charge in [0.05, 0.1) is 12.3 Å². The second kappa shape index (κ2) is 4.18. The molecule has 1 heterocycles. The molecule has 1 aromatic rings. The zero-order valence-electron chi connectivity index (χ0n) is 8.99. The molecular weight excluding hydrogens is 174 g/mol. The molecule has 0 aromatic carbocycles. The molecule has 2 nitrogen and oxygen atoms in total. The summed E-state index contributed by atoms with van der Waals surface area (Å²) in [6.07, 6.45) is 5.62. The standard InChI is InChI=1S/C12H19NO/c1-3-11(12-5-4-8-14-12)13-9(2)10-6-7-10/h4-5,8-11,13H,3,6-7H2,1-2H3. The minimum atomic E-state index is 0.389. The normalized spacial score (nSPS) is 20.7. The molecule has 1 fully saturated rings. The molecule has 2 heteroatoms. The van der Waals surface area contributed by atoms with Crippen molar-refractivity contribution in [1.82, 2.24) is 5.32 Å². The summed E-state index contributed by atoms with van der Waals surface area (Å²) < 4.78 is 5.43. The fraction of sp³-hybridized carbons (Fsp3) is 0.667. The molecule has 1 aliphatic rings. The molecule has 0 spiro atoms. The SMILES string of the molecule is CCC(NC(C)C1CC1)c1ccco1. The van der Waals surface area contributed by atoms with E-state index in [4.69, 9.17) is 4.42 Å². The van der Waals surface area contributed by atoms with Crippen molar-refractivity contribution in [2.75, 3.05) is 0 Å². The van der Waals surface area contributed by atoms with Crippen molar-refractivity contribution in [3.8, 4) is 0 Å². The Balaban J connectivity index is 1.92. The Morgan fingerprint density at radius 3 is 2.86 bits per heavy atom. The third kappa shape index (κ3) is 2.18. The fourth-order valence-electron chi connectivity index (χ4n) is 1.94. The van der Waals surface area contributed by atoms with Gasteiger partial charge in [0.2, 0.25) is 0 Å². The van der Waals surface area contributed by atoms with Gasteiger partial charge in [0.1, 0.15) is 5.76 Å². The molecule has 2 unspecified atom stereocenters. The van der Waals surface area contributed by atoms with E-state index < -0.39 is 0 Å². The van der Waals surface area contributed by atoms with E-state index in [-0.39, 0.29) is 0 Å². The maximum absolute atomic E-state index is 5.43. The van der Waals surface area contributed by atoms with E-state index in [2.05, 4.69) is 25.2 Å². The van der Waals surface area contributed by atoms with Crippen LogP contribution in [-0.2, 0) is 0 Å². The summed E-state index contributed by atoms with van der Waals surface area (Å²) in [6.45, 7) is 4.48. The molecular formula is C12H19NO. The molecule has 0 saturated heterocycles. The predicted molar refractivity (Wildman–Crippen MR) is 57.1 cm³/mol. The van der Waals surface area contributed by atoms with Crippen molar-refractivity contribution in [3.05, 3.63) is 24.2 Å². The molecule has 0 bridgehead atoms. The lowest BCUT2D eigenvalue weighted by atomic mass is 10.1. The van der Waals surface area contributed by atoms with Gasteiger partial charge in [0, 0.05) is 6.04 Å². The second-order valence-electron chi connectivity index (χ2n) is 4.27. The number of hydrogen-bond acceptors (Lipinski definition) is 2. The third-order valence-corrected chi connectivity index (χ3v) is 3.09. The molecule has 1 aliphatic carbocycles. The maximum Gasteiger partial charge on any atom is 0.120 e. The van der Waals surface area contributed by atoms with Crippen LogP contribution in [0, 0.1) is 5.92 Å². The Kier molecular flexibility index (Phi) is 2.92. The summed E-state index contributed by atoms with van der Waals surface area (Å²) in [5, 5.41) is 3.64. The van der Waals surface area contributed by atoms with Crippen LogP contribution in [0.15, 0.2) is 22.8 Å².